The molecule has 0 aliphatic rings. The van der Waals surface area contributed by atoms with Crippen LogP contribution in [0.3, 0.4) is 0 Å². The van der Waals surface area contributed by atoms with E-state index in [4.69, 9.17) is 9.57 Å². The van der Waals surface area contributed by atoms with E-state index in [-0.39, 0.29) is 12.5 Å². The quantitative estimate of drug-likeness (QED) is 0.315. The zero-order valence-corrected chi connectivity index (χ0v) is 17.8. The fourth-order valence-corrected chi connectivity index (χ4v) is 3.00. The van der Waals surface area contributed by atoms with Crippen LogP contribution in [-0.4, -0.2) is 17.5 Å². The van der Waals surface area contributed by atoms with Crippen molar-refractivity contribution in [2.45, 2.75) is 39.3 Å². The Labute approximate surface area is 183 Å². The molecule has 0 radical (unpaired) electrons. The number of hydrogen-bond acceptors (Lipinski definition) is 5. The number of benzene rings is 2. The summed E-state index contributed by atoms with van der Waals surface area (Å²) < 4.78 is 5.71. The molecule has 0 unspecified atom stereocenters. The molecule has 0 saturated carbocycles. The number of pyridine rings is 1. The molecule has 0 fully saturated rings. The molecule has 0 aliphatic carbocycles. The molecule has 0 aliphatic heterocycles. The average molecular weight is 420 g/mol. The van der Waals surface area contributed by atoms with E-state index in [1.165, 1.54) is 12.8 Å². The molecular formula is C25H29N3O3. The molecule has 2 aromatic carbocycles. The van der Waals surface area contributed by atoms with Crippen LogP contribution in [0, 0.1) is 0 Å². The molecule has 0 atom stereocenters. The van der Waals surface area contributed by atoms with Gasteiger partial charge in [-0.1, -0.05) is 44.0 Å². The van der Waals surface area contributed by atoms with Gasteiger partial charge in [0.1, 0.15) is 5.75 Å². The third kappa shape index (κ3) is 7.42. The van der Waals surface area contributed by atoms with E-state index in [1.54, 1.807) is 18.5 Å². The Bertz CT molecular complexity index is 930. The van der Waals surface area contributed by atoms with Gasteiger partial charge in [-0.05, 0) is 53.9 Å². The van der Waals surface area contributed by atoms with Crippen LogP contribution < -0.4 is 15.5 Å². The van der Waals surface area contributed by atoms with Gasteiger partial charge < -0.3 is 10.1 Å². The number of carbonyl (C=O) groups excluding carboxylic acids is 1. The summed E-state index contributed by atoms with van der Waals surface area (Å²) in [7, 11) is 0. The van der Waals surface area contributed by atoms with Gasteiger partial charge in [0.15, 0.2) is 0 Å². The Morgan fingerprint density at radius 1 is 0.935 bits per heavy atom. The van der Waals surface area contributed by atoms with Gasteiger partial charge in [0.05, 0.1) is 18.8 Å². The van der Waals surface area contributed by atoms with E-state index in [9.17, 15) is 4.79 Å². The number of amides is 1. The Balaban J connectivity index is 1.46. The molecule has 6 nitrogen and oxygen atoms in total. The Hall–Kier alpha value is -3.38. The van der Waals surface area contributed by atoms with Crippen LogP contribution in [0.2, 0.25) is 0 Å². The molecule has 1 aromatic heterocycles. The highest BCUT2D eigenvalue weighted by Gasteiger charge is 2.11. The molecule has 0 saturated heterocycles. The van der Waals surface area contributed by atoms with Crippen LogP contribution >= 0.6 is 0 Å². The summed E-state index contributed by atoms with van der Waals surface area (Å²) in [6.07, 6.45) is 6.90. The first-order chi connectivity index (χ1) is 15.3. The second kappa shape index (κ2) is 12.3. The normalized spacial score (nSPS) is 10.5. The number of carbonyl (C=O) groups is 1. The number of ether oxygens (including phenoxy) is 1. The zero-order chi connectivity index (χ0) is 21.7. The maximum atomic E-state index is 12.6. The Morgan fingerprint density at radius 3 is 2.48 bits per heavy atom. The third-order valence-corrected chi connectivity index (χ3v) is 4.75. The van der Waals surface area contributed by atoms with Crippen molar-refractivity contribution in [3.63, 3.8) is 0 Å². The summed E-state index contributed by atoms with van der Waals surface area (Å²) in [5.41, 5.74) is 5.82. The van der Waals surface area contributed by atoms with E-state index >= 15 is 0 Å². The first kappa shape index (κ1) is 22.3. The van der Waals surface area contributed by atoms with Crippen molar-refractivity contribution >= 4 is 11.6 Å². The summed E-state index contributed by atoms with van der Waals surface area (Å²) >= 11 is 0. The van der Waals surface area contributed by atoms with Crippen molar-refractivity contribution < 1.29 is 14.4 Å². The monoisotopic (exact) mass is 419 g/mol. The average Bonchev–Trinajstić information content (AvgIpc) is 2.82. The summed E-state index contributed by atoms with van der Waals surface area (Å²) in [5.74, 6) is 0.548. The largest absolute Gasteiger partial charge is 0.494 e. The number of nitrogens with zero attached hydrogens (tertiary/aromatic N) is 1. The third-order valence-electron chi connectivity index (χ3n) is 4.75. The molecule has 1 amide bonds. The number of anilines is 1. The lowest BCUT2D eigenvalue weighted by Gasteiger charge is -2.12. The fourth-order valence-electron chi connectivity index (χ4n) is 3.00. The summed E-state index contributed by atoms with van der Waals surface area (Å²) in [6, 6.07) is 18.9. The van der Waals surface area contributed by atoms with Crippen LogP contribution in [0.1, 0.15) is 47.7 Å². The number of aromatic nitrogens is 1. The highest BCUT2D eigenvalue weighted by molar-refractivity contribution is 5.98. The highest BCUT2D eigenvalue weighted by Crippen LogP contribution is 2.17. The predicted molar refractivity (Wildman–Crippen MR) is 122 cm³/mol. The van der Waals surface area contributed by atoms with E-state index in [0.717, 1.165) is 35.6 Å². The van der Waals surface area contributed by atoms with Gasteiger partial charge in [0.2, 0.25) is 0 Å². The number of rotatable bonds is 12. The van der Waals surface area contributed by atoms with Crippen LogP contribution in [0.25, 0.3) is 0 Å². The van der Waals surface area contributed by atoms with E-state index < -0.39 is 0 Å². The molecule has 2 N–H and O–H groups in total. The van der Waals surface area contributed by atoms with Gasteiger partial charge in [-0.3, -0.25) is 14.6 Å². The summed E-state index contributed by atoms with van der Waals surface area (Å²) in [6.45, 7) is 3.77. The molecule has 31 heavy (non-hydrogen) atoms. The van der Waals surface area contributed by atoms with Crippen LogP contribution in [0.5, 0.6) is 5.75 Å². The lowest BCUT2D eigenvalue weighted by atomic mass is 10.1. The molecule has 3 rings (SSSR count). The minimum atomic E-state index is -0.297. The number of para-hydroxylation sites is 1. The molecule has 6 heteroatoms. The number of unbranched alkanes of at least 4 members (excludes halogenated alkanes) is 2. The lowest BCUT2D eigenvalue weighted by Crippen LogP contribution is -2.24. The maximum Gasteiger partial charge on any atom is 0.276 e. The van der Waals surface area contributed by atoms with Crippen molar-refractivity contribution in [1.29, 1.82) is 0 Å². The molecule has 0 bridgehead atoms. The van der Waals surface area contributed by atoms with Crippen LogP contribution in [0.4, 0.5) is 5.69 Å². The number of hydroxylamine groups is 1. The van der Waals surface area contributed by atoms with Gasteiger partial charge in [-0.15, -0.1) is 0 Å². The second-order valence-corrected chi connectivity index (χ2v) is 7.17. The molecule has 162 valence electrons. The summed E-state index contributed by atoms with van der Waals surface area (Å²) in [5, 5.41) is 3.29. The van der Waals surface area contributed by atoms with Gasteiger partial charge in [-0.25, -0.2) is 5.48 Å². The Kier molecular flexibility index (Phi) is 8.88. The van der Waals surface area contributed by atoms with E-state index in [0.29, 0.717) is 12.1 Å². The van der Waals surface area contributed by atoms with E-state index in [1.807, 2.05) is 54.6 Å². The first-order valence-electron chi connectivity index (χ1n) is 10.6. The van der Waals surface area contributed by atoms with Crippen molar-refractivity contribution in [1.82, 2.24) is 10.5 Å². The molecule has 3 aromatic rings. The topological polar surface area (TPSA) is 72.5 Å². The van der Waals surface area contributed by atoms with Gasteiger partial charge in [0.25, 0.3) is 5.91 Å². The summed E-state index contributed by atoms with van der Waals surface area (Å²) in [4.78, 5) is 22.0. The predicted octanol–water partition coefficient (Wildman–Crippen LogP) is 5.12. The molecule has 1 heterocycles. The molecule has 0 spiro atoms. The standard InChI is InChI=1S/C25H29N3O3/c1-2-3-6-17-30-22-11-9-21(10-12-22)19-31-28-25(29)23-7-4-5-8-24(23)27-18-20-13-15-26-16-14-20/h4-5,7-16,27H,2-3,6,17-19H2,1H3,(H,28,29). The number of nitrogens with one attached hydrogen (secondary N) is 2. The molecular weight excluding hydrogens is 390 g/mol. The van der Waals surface area contributed by atoms with Crippen LogP contribution in [-0.2, 0) is 18.0 Å². The highest BCUT2D eigenvalue weighted by atomic mass is 16.6. The minimum Gasteiger partial charge on any atom is -0.494 e. The lowest BCUT2D eigenvalue weighted by molar-refractivity contribution is 0.0234. The fraction of sp³-hybridized carbons (Fsp3) is 0.280. The van der Waals surface area contributed by atoms with E-state index in [2.05, 4.69) is 22.7 Å². The van der Waals surface area contributed by atoms with Crippen molar-refractivity contribution in [3.05, 3.63) is 89.7 Å². The number of hydrogen-bond donors (Lipinski definition) is 2. The minimum absolute atomic E-state index is 0.272. The van der Waals surface area contributed by atoms with Crippen molar-refractivity contribution in [2.75, 3.05) is 11.9 Å². The van der Waals surface area contributed by atoms with Crippen molar-refractivity contribution in [2.24, 2.45) is 0 Å². The second-order valence-electron chi connectivity index (χ2n) is 7.17. The smallest absolute Gasteiger partial charge is 0.276 e. The van der Waals surface area contributed by atoms with Gasteiger partial charge in [-0.2, -0.15) is 0 Å². The van der Waals surface area contributed by atoms with Crippen molar-refractivity contribution in [3.8, 4) is 5.75 Å². The van der Waals surface area contributed by atoms with Crippen LogP contribution in [0.15, 0.2) is 73.1 Å². The Morgan fingerprint density at radius 2 is 1.71 bits per heavy atom. The first-order valence-corrected chi connectivity index (χ1v) is 10.6. The van der Waals surface area contributed by atoms with Gasteiger partial charge in [0, 0.05) is 24.6 Å². The maximum absolute atomic E-state index is 12.6. The zero-order valence-electron chi connectivity index (χ0n) is 17.8. The SMILES string of the molecule is CCCCCOc1ccc(CONC(=O)c2ccccc2NCc2ccncc2)cc1. The van der Waals surface area contributed by atoms with Gasteiger partial charge >= 0.3 is 0 Å².